The fraction of sp³-hybridized carbons (Fsp3) is 0.714. The molecule has 2 saturated carbocycles. The first-order valence-corrected chi connectivity index (χ1v) is 9.55. The molecule has 3 nitrogen and oxygen atoms in total. The first-order valence-electron chi connectivity index (χ1n) is 9.55. The third-order valence-corrected chi connectivity index (χ3v) is 7.90. The van der Waals surface area contributed by atoms with E-state index in [0.717, 1.165) is 26.1 Å². The monoisotopic (exact) mass is 328 g/mol. The van der Waals surface area contributed by atoms with Crippen molar-refractivity contribution in [2.45, 2.75) is 57.8 Å². The molecule has 0 aromatic carbocycles. The molecule has 0 radical (unpaired) electrons. The Morgan fingerprint density at radius 1 is 1.04 bits per heavy atom. The van der Waals surface area contributed by atoms with Crippen LogP contribution in [-0.2, 0) is 9.47 Å². The summed E-state index contributed by atoms with van der Waals surface area (Å²) in [4.78, 5) is 0. The summed E-state index contributed by atoms with van der Waals surface area (Å²) in [5.74, 6) is 0.785. The van der Waals surface area contributed by atoms with Crippen LogP contribution in [0, 0.1) is 22.7 Å². The largest absolute Gasteiger partial charge is 0.389 e. The zero-order chi connectivity index (χ0) is 16.6. The summed E-state index contributed by atoms with van der Waals surface area (Å²) in [5, 5.41) is 10.0. The summed E-state index contributed by atoms with van der Waals surface area (Å²) in [6.07, 6.45) is 14.0. The Morgan fingerprint density at radius 2 is 1.79 bits per heavy atom. The van der Waals surface area contributed by atoms with Gasteiger partial charge in [0.2, 0.25) is 0 Å². The Balaban J connectivity index is 1.56. The van der Waals surface area contributed by atoms with Crippen molar-refractivity contribution < 1.29 is 14.6 Å². The SMILES string of the molecule is C[C@]12C=C[C@H](O)CC1=CC=C1C2CC[C@@]2(C)C1CCC21OCCO1. The molecule has 1 aliphatic heterocycles. The summed E-state index contributed by atoms with van der Waals surface area (Å²) in [7, 11) is 0. The molecule has 4 aliphatic carbocycles. The van der Waals surface area contributed by atoms with Gasteiger partial charge in [0.1, 0.15) is 0 Å². The molecule has 3 fully saturated rings. The molecule has 2 unspecified atom stereocenters. The van der Waals surface area contributed by atoms with Crippen molar-refractivity contribution in [3.05, 3.63) is 35.5 Å². The van der Waals surface area contributed by atoms with Crippen molar-refractivity contribution in [3.63, 3.8) is 0 Å². The average molecular weight is 328 g/mol. The van der Waals surface area contributed by atoms with Crippen LogP contribution < -0.4 is 0 Å². The van der Waals surface area contributed by atoms with Gasteiger partial charge in [-0.15, -0.1) is 0 Å². The van der Waals surface area contributed by atoms with E-state index in [4.69, 9.17) is 9.47 Å². The fourth-order valence-corrected chi connectivity index (χ4v) is 6.48. The number of fused-ring (bicyclic) bond motifs is 6. The van der Waals surface area contributed by atoms with Crippen LogP contribution in [0.4, 0.5) is 0 Å². The predicted octanol–water partition coefficient (Wildman–Crippen LogP) is 3.75. The maximum atomic E-state index is 10.0. The number of allylic oxidation sites excluding steroid dienone is 4. The van der Waals surface area contributed by atoms with E-state index in [-0.39, 0.29) is 22.7 Å². The van der Waals surface area contributed by atoms with Crippen molar-refractivity contribution >= 4 is 0 Å². The first-order chi connectivity index (χ1) is 11.5. The third kappa shape index (κ3) is 1.73. The molecule has 0 aromatic heterocycles. The summed E-state index contributed by atoms with van der Waals surface area (Å²) in [6.45, 7) is 6.25. The Labute approximate surface area is 144 Å². The van der Waals surface area contributed by atoms with Gasteiger partial charge in [0.25, 0.3) is 0 Å². The highest BCUT2D eigenvalue weighted by Crippen LogP contribution is 2.66. The molecular formula is C21H28O3. The van der Waals surface area contributed by atoms with Crippen LogP contribution >= 0.6 is 0 Å². The third-order valence-electron chi connectivity index (χ3n) is 7.90. The quantitative estimate of drug-likeness (QED) is 0.688. The predicted molar refractivity (Wildman–Crippen MR) is 92.2 cm³/mol. The molecule has 130 valence electrons. The number of aliphatic hydroxyl groups excluding tert-OH is 1. The van der Waals surface area contributed by atoms with E-state index in [0.29, 0.717) is 11.8 Å². The Hall–Kier alpha value is -0.900. The van der Waals surface area contributed by atoms with Crippen LogP contribution in [0.15, 0.2) is 35.5 Å². The Bertz CT molecular complexity index is 654. The van der Waals surface area contributed by atoms with Crippen LogP contribution in [0.1, 0.15) is 46.0 Å². The lowest BCUT2D eigenvalue weighted by molar-refractivity contribution is -0.229. The lowest BCUT2D eigenvalue weighted by Gasteiger charge is -2.54. The molecule has 0 amide bonds. The van der Waals surface area contributed by atoms with Crippen LogP contribution in [0.25, 0.3) is 0 Å². The van der Waals surface area contributed by atoms with Crippen molar-refractivity contribution in [1.29, 1.82) is 0 Å². The molecule has 0 bridgehead atoms. The molecule has 5 aliphatic rings. The van der Waals surface area contributed by atoms with E-state index in [1.54, 1.807) is 5.57 Å². The van der Waals surface area contributed by atoms with Gasteiger partial charge in [-0.2, -0.15) is 0 Å². The highest BCUT2D eigenvalue weighted by atomic mass is 16.7. The smallest absolute Gasteiger partial charge is 0.174 e. The second-order valence-electron chi connectivity index (χ2n) is 8.82. The van der Waals surface area contributed by atoms with Gasteiger partial charge in [-0.3, -0.25) is 0 Å². The molecule has 1 N–H and O–H groups in total. The molecule has 5 atom stereocenters. The van der Waals surface area contributed by atoms with Gasteiger partial charge in [-0.05, 0) is 37.5 Å². The summed E-state index contributed by atoms with van der Waals surface area (Å²) < 4.78 is 12.4. The molecule has 1 spiro atoms. The van der Waals surface area contributed by atoms with E-state index < -0.39 is 0 Å². The first kappa shape index (κ1) is 15.4. The summed E-state index contributed by atoms with van der Waals surface area (Å²) >= 11 is 0. The van der Waals surface area contributed by atoms with Crippen LogP contribution in [0.2, 0.25) is 0 Å². The molecule has 0 aromatic rings. The number of rotatable bonds is 0. The maximum absolute atomic E-state index is 10.0. The normalized spacial score (nSPS) is 48.5. The molecule has 3 heteroatoms. The lowest BCUT2D eigenvalue weighted by atomic mass is 9.52. The average Bonchev–Trinajstić information content (AvgIpc) is 3.15. The van der Waals surface area contributed by atoms with Gasteiger partial charge < -0.3 is 14.6 Å². The van der Waals surface area contributed by atoms with Gasteiger partial charge >= 0.3 is 0 Å². The second-order valence-corrected chi connectivity index (χ2v) is 8.82. The van der Waals surface area contributed by atoms with Crippen molar-refractivity contribution in [2.24, 2.45) is 22.7 Å². The van der Waals surface area contributed by atoms with Gasteiger partial charge in [-0.25, -0.2) is 0 Å². The van der Waals surface area contributed by atoms with Crippen LogP contribution in [0.3, 0.4) is 0 Å². The minimum atomic E-state index is -0.340. The molecule has 1 heterocycles. The number of ether oxygens (including phenoxy) is 2. The second kappa shape index (κ2) is 4.84. The minimum Gasteiger partial charge on any atom is -0.389 e. The van der Waals surface area contributed by atoms with Crippen molar-refractivity contribution in [1.82, 2.24) is 0 Å². The summed E-state index contributed by atoms with van der Waals surface area (Å²) in [5.41, 5.74) is 3.19. The standard InChI is InChI=1S/C21H28O3/c1-19-8-5-15(22)13-14(19)3-4-16-17(19)6-9-20(2)18(16)7-10-21(20)23-11-12-24-21/h3-5,8,15,17-18,22H,6-7,9-13H2,1-2H3/t15-,17?,18?,19-,20-/m0/s1. The van der Waals surface area contributed by atoms with E-state index in [1.807, 2.05) is 6.08 Å². The van der Waals surface area contributed by atoms with Crippen molar-refractivity contribution in [2.75, 3.05) is 13.2 Å². The summed E-state index contributed by atoms with van der Waals surface area (Å²) in [6, 6.07) is 0. The number of hydrogen-bond acceptors (Lipinski definition) is 3. The van der Waals surface area contributed by atoms with Gasteiger partial charge in [-0.1, -0.05) is 49.3 Å². The van der Waals surface area contributed by atoms with Crippen molar-refractivity contribution in [3.8, 4) is 0 Å². The fourth-order valence-electron chi connectivity index (χ4n) is 6.48. The van der Waals surface area contributed by atoms with Gasteiger partial charge in [0.15, 0.2) is 5.79 Å². The zero-order valence-electron chi connectivity index (χ0n) is 14.8. The molecule has 24 heavy (non-hydrogen) atoms. The van der Waals surface area contributed by atoms with Gasteiger partial charge in [0, 0.05) is 17.3 Å². The topological polar surface area (TPSA) is 38.7 Å². The molecular weight excluding hydrogens is 300 g/mol. The van der Waals surface area contributed by atoms with Crippen LogP contribution in [-0.4, -0.2) is 30.2 Å². The van der Waals surface area contributed by atoms with E-state index in [9.17, 15) is 5.11 Å². The highest BCUT2D eigenvalue weighted by Gasteiger charge is 2.65. The minimum absolute atomic E-state index is 0.0811. The Morgan fingerprint density at radius 3 is 2.58 bits per heavy atom. The maximum Gasteiger partial charge on any atom is 0.174 e. The number of hydrogen-bond donors (Lipinski definition) is 1. The van der Waals surface area contributed by atoms with Gasteiger partial charge in [0.05, 0.1) is 19.3 Å². The molecule has 1 saturated heterocycles. The lowest BCUT2D eigenvalue weighted by Crippen LogP contribution is -2.51. The number of aliphatic hydroxyl groups is 1. The van der Waals surface area contributed by atoms with E-state index >= 15 is 0 Å². The van der Waals surface area contributed by atoms with E-state index in [1.165, 1.54) is 24.8 Å². The Kier molecular flexibility index (Phi) is 3.10. The van der Waals surface area contributed by atoms with E-state index in [2.05, 4.69) is 32.1 Å². The molecule has 5 rings (SSSR count). The zero-order valence-corrected chi connectivity index (χ0v) is 14.8. The van der Waals surface area contributed by atoms with Crippen LogP contribution in [0.5, 0.6) is 0 Å². The highest BCUT2D eigenvalue weighted by molar-refractivity contribution is 5.43.